The topological polar surface area (TPSA) is 77.7 Å². The predicted molar refractivity (Wildman–Crippen MR) is 95.8 cm³/mol. The molecule has 2 N–H and O–H groups in total. The summed E-state index contributed by atoms with van der Waals surface area (Å²) in [7, 11) is 0. The second-order valence-electron chi connectivity index (χ2n) is 6.45. The highest BCUT2D eigenvalue weighted by molar-refractivity contribution is 5.91. The van der Waals surface area contributed by atoms with Gasteiger partial charge in [-0.1, -0.05) is 12.1 Å². The molecule has 0 fully saturated rings. The lowest BCUT2D eigenvalue weighted by Gasteiger charge is -2.26. The summed E-state index contributed by atoms with van der Waals surface area (Å²) in [5, 5.41) is 7.21. The average molecular weight is 387 g/mol. The van der Waals surface area contributed by atoms with E-state index in [1.807, 2.05) is 0 Å². The molecule has 0 saturated heterocycles. The number of hydrogen-bond acceptors (Lipinski definition) is 3. The van der Waals surface area contributed by atoms with E-state index in [0.29, 0.717) is 30.8 Å². The summed E-state index contributed by atoms with van der Waals surface area (Å²) < 4.78 is 38.3. The molecule has 6 nitrogen and oxygen atoms in total. The Bertz CT molecular complexity index is 1000. The van der Waals surface area contributed by atoms with Gasteiger partial charge in [0.25, 0.3) is 0 Å². The van der Waals surface area contributed by atoms with E-state index in [1.165, 1.54) is 24.5 Å². The molecule has 3 aromatic rings. The second-order valence-corrected chi connectivity index (χ2v) is 6.45. The largest absolute Gasteiger partial charge is 0.416 e. The first-order chi connectivity index (χ1) is 13.4. The molecule has 0 saturated carbocycles. The Balaban J connectivity index is 1.54. The number of rotatable bonds is 3. The van der Waals surface area contributed by atoms with Crippen LogP contribution in [-0.2, 0) is 23.9 Å². The molecule has 0 radical (unpaired) electrons. The number of imidazole rings is 1. The van der Waals surface area contributed by atoms with Gasteiger partial charge in [0.15, 0.2) is 0 Å². The first-order valence-electron chi connectivity index (χ1n) is 8.61. The van der Waals surface area contributed by atoms with Crippen LogP contribution >= 0.6 is 0 Å². The number of benzene rings is 1. The number of alkyl halides is 3. The van der Waals surface area contributed by atoms with Crippen LogP contribution in [0, 0.1) is 0 Å². The van der Waals surface area contributed by atoms with Crippen molar-refractivity contribution in [3.8, 4) is 11.3 Å². The third kappa shape index (κ3) is 3.55. The van der Waals surface area contributed by atoms with Crippen LogP contribution in [0.5, 0.6) is 0 Å². The number of carbonyl (C=O) groups is 1. The molecular weight excluding hydrogens is 371 g/mol. The van der Waals surface area contributed by atoms with E-state index in [2.05, 4.69) is 20.2 Å². The molecule has 0 aliphatic carbocycles. The second kappa shape index (κ2) is 6.99. The van der Waals surface area contributed by atoms with Gasteiger partial charge in [-0.25, -0.2) is 4.98 Å². The Labute approximate surface area is 158 Å². The summed E-state index contributed by atoms with van der Waals surface area (Å²) in [6.07, 6.45) is 2.48. The minimum absolute atomic E-state index is 0.153. The SMILES string of the molecule is O=C(C=Cc1cnc[nH]1)N1CCc2[nH]nc(-c3ccc(C(F)(F)F)cc3)c2C1. The van der Waals surface area contributed by atoms with E-state index < -0.39 is 11.7 Å². The number of carbonyl (C=O) groups excluding carboxylic acids is 1. The Morgan fingerprint density at radius 3 is 2.68 bits per heavy atom. The van der Waals surface area contributed by atoms with Crippen molar-refractivity contribution in [3.63, 3.8) is 0 Å². The van der Waals surface area contributed by atoms with Crippen molar-refractivity contribution < 1.29 is 18.0 Å². The van der Waals surface area contributed by atoms with Crippen molar-refractivity contribution in [1.82, 2.24) is 25.1 Å². The molecule has 2 aromatic heterocycles. The molecule has 4 rings (SSSR count). The lowest BCUT2D eigenvalue weighted by molar-refractivity contribution is -0.137. The third-order valence-corrected chi connectivity index (χ3v) is 4.66. The zero-order valence-electron chi connectivity index (χ0n) is 14.6. The van der Waals surface area contributed by atoms with Crippen LogP contribution < -0.4 is 0 Å². The van der Waals surface area contributed by atoms with Gasteiger partial charge in [-0.2, -0.15) is 18.3 Å². The van der Waals surface area contributed by atoms with Crippen LogP contribution in [0.3, 0.4) is 0 Å². The molecule has 28 heavy (non-hydrogen) atoms. The highest BCUT2D eigenvalue weighted by Gasteiger charge is 2.30. The van der Waals surface area contributed by atoms with Crippen molar-refractivity contribution in [3.05, 3.63) is 65.4 Å². The first-order valence-corrected chi connectivity index (χ1v) is 8.61. The number of H-pyrrole nitrogens is 2. The predicted octanol–water partition coefficient (Wildman–Crippen LogP) is 3.42. The number of aromatic nitrogens is 4. The van der Waals surface area contributed by atoms with Gasteiger partial charge < -0.3 is 9.88 Å². The van der Waals surface area contributed by atoms with E-state index in [-0.39, 0.29) is 5.91 Å². The number of amides is 1. The smallest absolute Gasteiger partial charge is 0.345 e. The van der Waals surface area contributed by atoms with Gasteiger partial charge in [-0.3, -0.25) is 9.89 Å². The summed E-state index contributed by atoms with van der Waals surface area (Å²) in [6.45, 7) is 0.877. The number of halogens is 3. The van der Waals surface area contributed by atoms with E-state index in [0.717, 1.165) is 29.1 Å². The van der Waals surface area contributed by atoms with Gasteiger partial charge in [-0.15, -0.1) is 0 Å². The van der Waals surface area contributed by atoms with Crippen molar-refractivity contribution >= 4 is 12.0 Å². The maximum absolute atomic E-state index is 12.8. The summed E-state index contributed by atoms with van der Waals surface area (Å²) in [5.41, 5.74) is 2.89. The molecule has 3 heterocycles. The number of nitrogens with zero attached hydrogens (tertiary/aromatic N) is 3. The fourth-order valence-corrected chi connectivity index (χ4v) is 3.16. The molecule has 9 heteroatoms. The Hall–Kier alpha value is -3.36. The molecule has 0 spiro atoms. The molecule has 1 aliphatic rings. The minimum Gasteiger partial charge on any atom is -0.345 e. The third-order valence-electron chi connectivity index (χ3n) is 4.66. The number of hydrogen-bond donors (Lipinski definition) is 2. The van der Waals surface area contributed by atoms with E-state index in [4.69, 9.17) is 0 Å². The summed E-state index contributed by atoms with van der Waals surface area (Å²) in [5.74, 6) is -0.153. The van der Waals surface area contributed by atoms with Gasteiger partial charge in [0.1, 0.15) is 0 Å². The molecular formula is C19H16F3N5O. The quantitative estimate of drug-likeness (QED) is 0.676. The van der Waals surface area contributed by atoms with E-state index >= 15 is 0 Å². The first kappa shape index (κ1) is 18.0. The standard InChI is InChI=1S/C19H16F3N5O/c20-19(21,22)13-3-1-12(2-4-13)18-15-10-27(8-7-16(15)25-26-18)17(28)6-5-14-9-23-11-24-14/h1-6,9,11H,7-8,10H2,(H,23,24)(H,25,26). The van der Waals surface area contributed by atoms with Crippen LogP contribution in [0.15, 0.2) is 42.9 Å². The number of nitrogens with one attached hydrogen (secondary N) is 2. The van der Waals surface area contributed by atoms with Gasteiger partial charge in [0, 0.05) is 42.4 Å². The molecule has 144 valence electrons. The average Bonchev–Trinajstić information content (AvgIpc) is 3.34. The highest BCUT2D eigenvalue weighted by atomic mass is 19.4. The van der Waals surface area contributed by atoms with Crippen LogP contribution in [0.2, 0.25) is 0 Å². The molecule has 1 aromatic carbocycles. The summed E-state index contributed by atoms with van der Waals surface area (Å²) in [4.78, 5) is 20.9. The zero-order chi connectivity index (χ0) is 19.7. The lowest BCUT2D eigenvalue weighted by atomic mass is 10.00. The molecule has 1 aliphatic heterocycles. The van der Waals surface area contributed by atoms with Crippen LogP contribution in [0.1, 0.15) is 22.5 Å². The van der Waals surface area contributed by atoms with Crippen molar-refractivity contribution in [2.75, 3.05) is 6.54 Å². The van der Waals surface area contributed by atoms with Crippen molar-refractivity contribution in [2.45, 2.75) is 19.1 Å². The zero-order valence-corrected chi connectivity index (χ0v) is 14.6. The van der Waals surface area contributed by atoms with Crippen molar-refractivity contribution in [1.29, 1.82) is 0 Å². The monoisotopic (exact) mass is 387 g/mol. The van der Waals surface area contributed by atoms with Crippen LogP contribution in [0.4, 0.5) is 13.2 Å². The molecule has 1 amide bonds. The fourth-order valence-electron chi connectivity index (χ4n) is 3.16. The fraction of sp³-hybridized carbons (Fsp3) is 0.211. The summed E-state index contributed by atoms with van der Waals surface area (Å²) in [6, 6.07) is 4.88. The number of aromatic amines is 2. The minimum atomic E-state index is -4.38. The maximum Gasteiger partial charge on any atom is 0.416 e. The molecule has 0 unspecified atom stereocenters. The van der Waals surface area contributed by atoms with E-state index in [9.17, 15) is 18.0 Å². The molecule has 0 atom stereocenters. The number of fused-ring (bicyclic) bond motifs is 1. The Morgan fingerprint density at radius 1 is 1.21 bits per heavy atom. The highest BCUT2D eigenvalue weighted by Crippen LogP contribution is 2.33. The summed E-state index contributed by atoms with van der Waals surface area (Å²) >= 11 is 0. The van der Waals surface area contributed by atoms with E-state index in [1.54, 1.807) is 17.2 Å². The van der Waals surface area contributed by atoms with Crippen LogP contribution in [-0.4, -0.2) is 37.5 Å². The molecule has 0 bridgehead atoms. The van der Waals surface area contributed by atoms with Crippen molar-refractivity contribution in [2.24, 2.45) is 0 Å². The van der Waals surface area contributed by atoms with Gasteiger partial charge in [0.05, 0.1) is 29.5 Å². The lowest BCUT2D eigenvalue weighted by Crippen LogP contribution is -2.34. The normalized spacial score (nSPS) is 14.5. The maximum atomic E-state index is 12.8. The van der Waals surface area contributed by atoms with Crippen LogP contribution in [0.25, 0.3) is 17.3 Å². The Kier molecular flexibility index (Phi) is 4.50. The van der Waals surface area contributed by atoms with Gasteiger partial charge in [0.2, 0.25) is 5.91 Å². The Morgan fingerprint density at radius 2 is 2.00 bits per heavy atom. The van der Waals surface area contributed by atoms with Gasteiger partial charge in [-0.05, 0) is 18.2 Å². The van der Waals surface area contributed by atoms with Gasteiger partial charge >= 0.3 is 6.18 Å².